The molecule has 1 aliphatic rings. The fourth-order valence-corrected chi connectivity index (χ4v) is 4.22. The largest absolute Gasteiger partial charge is 0.458 e. The van der Waals surface area contributed by atoms with E-state index in [2.05, 4.69) is 0 Å². The highest BCUT2D eigenvalue weighted by molar-refractivity contribution is 5.98. The summed E-state index contributed by atoms with van der Waals surface area (Å²) < 4.78 is 20.4. The van der Waals surface area contributed by atoms with Crippen molar-refractivity contribution in [3.8, 4) is 17.2 Å². The lowest BCUT2D eigenvalue weighted by Gasteiger charge is -2.24. The summed E-state index contributed by atoms with van der Waals surface area (Å²) in [4.78, 5) is 29.1. The number of aliphatic hydroxyl groups excluding tert-OH is 1. The van der Waals surface area contributed by atoms with Crippen molar-refractivity contribution in [3.63, 3.8) is 0 Å². The maximum atomic E-state index is 13.7. The molecule has 8 heteroatoms. The molecular weight excluding hydrogens is 437 g/mol. The predicted molar refractivity (Wildman–Crippen MR) is 125 cm³/mol. The summed E-state index contributed by atoms with van der Waals surface area (Å²) in [5, 5.41) is 19.9. The molecule has 0 saturated carbocycles. The molecule has 0 aliphatic carbocycles. The Bertz CT molecular complexity index is 1370. The second kappa shape index (κ2) is 9.57. The zero-order valence-corrected chi connectivity index (χ0v) is 18.9. The maximum absolute atomic E-state index is 13.7. The van der Waals surface area contributed by atoms with Crippen LogP contribution in [0, 0.1) is 17.1 Å². The fourth-order valence-electron chi connectivity index (χ4n) is 4.22. The minimum Gasteiger partial charge on any atom is -0.458 e. The van der Waals surface area contributed by atoms with Crippen molar-refractivity contribution in [1.82, 2.24) is 9.55 Å². The molecule has 1 saturated heterocycles. The molecule has 174 valence electrons. The lowest BCUT2D eigenvalue weighted by Crippen LogP contribution is -2.31. The summed E-state index contributed by atoms with van der Waals surface area (Å²) in [6, 6.07) is 11.1. The molecule has 3 heterocycles. The zero-order valence-electron chi connectivity index (χ0n) is 18.9. The quantitative estimate of drug-likeness (QED) is 0.577. The Balaban J connectivity index is 2.01. The van der Waals surface area contributed by atoms with E-state index in [0.717, 1.165) is 11.1 Å². The van der Waals surface area contributed by atoms with E-state index in [-0.39, 0.29) is 36.7 Å². The summed E-state index contributed by atoms with van der Waals surface area (Å²) >= 11 is 0. The molecular formula is C26H24FN3O4. The third kappa shape index (κ3) is 4.61. The van der Waals surface area contributed by atoms with Crippen LogP contribution in [0.25, 0.3) is 28.2 Å². The number of nitrogens with zero attached hydrogens (tertiary/aromatic N) is 3. The average Bonchev–Trinajstić information content (AvgIpc) is 2.78. The van der Waals surface area contributed by atoms with Gasteiger partial charge in [-0.1, -0.05) is 32.1 Å². The van der Waals surface area contributed by atoms with Crippen molar-refractivity contribution in [2.45, 2.75) is 51.4 Å². The molecule has 7 nitrogen and oxygen atoms in total. The van der Waals surface area contributed by atoms with Gasteiger partial charge >= 0.3 is 5.97 Å². The molecule has 0 amide bonds. The van der Waals surface area contributed by atoms with Gasteiger partial charge in [-0.25, -0.2) is 9.37 Å². The Morgan fingerprint density at radius 3 is 2.65 bits per heavy atom. The first-order valence-corrected chi connectivity index (χ1v) is 11.0. The number of esters is 1. The zero-order chi connectivity index (χ0) is 24.4. The summed E-state index contributed by atoms with van der Waals surface area (Å²) in [7, 11) is 0. The highest BCUT2D eigenvalue weighted by atomic mass is 19.1. The summed E-state index contributed by atoms with van der Waals surface area (Å²) in [5.74, 6) is -0.908. The van der Waals surface area contributed by atoms with Crippen LogP contribution in [0.4, 0.5) is 4.39 Å². The number of aromatic nitrogens is 2. The molecule has 2 atom stereocenters. The monoisotopic (exact) mass is 461 g/mol. The van der Waals surface area contributed by atoms with Crippen LogP contribution in [-0.2, 0) is 16.1 Å². The number of halogens is 1. The molecule has 34 heavy (non-hydrogen) atoms. The summed E-state index contributed by atoms with van der Waals surface area (Å²) in [6.45, 7) is 3.76. The Hall–Kier alpha value is -3.83. The van der Waals surface area contributed by atoms with Crippen molar-refractivity contribution >= 4 is 23.1 Å². The number of pyridine rings is 2. The van der Waals surface area contributed by atoms with Gasteiger partial charge in [0.2, 0.25) is 0 Å². The lowest BCUT2D eigenvalue weighted by molar-refractivity contribution is -0.156. The number of ether oxygens (including phenoxy) is 1. The molecule has 4 rings (SSSR count). The highest BCUT2D eigenvalue weighted by Gasteiger charge is 2.26. The Morgan fingerprint density at radius 2 is 2.00 bits per heavy atom. The number of cyclic esters (lactones) is 1. The van der Waals surface area contributed by atoms with E-state index < -0.39 is 18.2 Å². The maximum Gasteiger partial charge on any atom is 0.309 e. The number of fused-ring (bicyclic) bond motifs is 1. The molecule has 1 fully saturated rings. The van der Waals surface area contributed by atoms with Gasteiger partial charge in [0.05, 0.1) is 24.3 Å². The van der Waals surface area contributed by atoms with E-state index in [1.54, 1.807) is 30.4 Å². The van der Waals surface area contributed by atoms with Crippen LogP contribution in [0.3, 0.4) is 0 Å². The van der Waals surface area contributed by atoms with Crippen LogP contribution < -0.4 is 5.56 Å². The average molecular weight is 461 g/mol. The van der Waals surface area contributed by atoms with Crippen LogP contribution in [-0.4, -0.2) is 32.8 Å². The Kier molecular flexibility index (Phi) is 6.57. The number of hydrogen-bond acceptors (Lipinski definition) is 6. The number of carbonyl (C=O) groups is 1. The van der Waals surface area contributed by atoms with Gasteiger partial charge < -0.3 is 9.84 Å². The molecule has 3 aromatic rings. The van der Waals surface area contributed by atoms with Crippen LogP contribution in [0.2, 0.25) is 0 Å². The van der Waals surface area contributed by atoms with Gasteiger partial charge in [0, 0.05) is 29.0 Å². The molecule has 0 radical (unpaired) electrons. The van der Waals surface area contributed by atoms with Crippen LogP contribution in [0.5, 0.6) is 0 Å². The van der Waals surface area contributed by atoms with Gasteiger partial charge in [-0.05, 0) is 35.8 Å². The topological polar surface area (TPSA) is 105 Å². The van der Waals surface area contributed by atoms with Gasteiger partial charge in [0.25, 0.3) is 5.56 Å². The normalized spacial score (nSPS) is 18.4. The van der Waals surface area contributed by atoms with E-state index in [0.29, 0.717) is 22.3 Å². The molecule has 1 aromatic carbocycles. The van der Waals surface area contributed by atoms with Gasteiger partial charge in [-0.3, -0.25) is 14.2 Å². The van der Waals surface area contributed by atoms with E-state index in [1.165, 1.54) is 22.8 Å². The third-order valence-electron chi connectivity index (χ3n) is 5.77. The van der Waals surface area contributed by atoms with Crippen LogP contribution in [0.15, 0.2) is 47.3 Å². The van der Waals surface area contributed by atoms with Gasteiger partial charge in [-0.15, -0.1) is 0 Å². The standard InChI is InChI=1S/C26H24FN3O4/c1-15(2)25-20(8-7-19-13-18(31)14-23(33)34-19)24(16-3-5-17(27)6-4-16)21-9-10-22(32)30(12-11-28)26(21)29-25/h3-10,15,18-19,31H,12-14H2,1-2H3/b8-7+/t18-,19-/m1/s1. The first kappa shape index (κ1) is 23.3. The van der Waals surface area contributed by atoms with Crippen LogP contribution >= 0.6 is 0 Å². The SMILES string of the molecule is CC(C)c1nc2c(ccc(=O)n2CC#N)c(-c2ccc(F)cc2)c1/C=C/[C@@H]1C[C@@H](O)CC(=O)O1. The van der Waals surface area contributed by atoms with Gasteiger partial charge in [-0.2, -0.15) is 5.26 Å². The molecule has 1 N–H and O–H groups in total. The lowest BCUT2D eigenvalue weighted by atomic mass is 9.91. The Morgan fingerprint density at radius 1 is 1.26 bits per heavy atom. The van der Waals surface area contributed by atoms with E-state index in [4.69, 9.17) is 9.72 Å². The van der Waals surface area contributed by atoms with Crippen molar-refractivity contribution in [1.29, 1.82) is 5.26 Å². The molecule has 1 aliphatic heterocycles. The fraction of sp³-hybridized carbons (Fsp3) is 0.308. The second-order valence-electron chi connectivity index (χ2n) is 8.58. The van der Waals surface area contributed by atoms with E-state index >= 15 is 0 Å². The number of hydrogen-bond donors (Lipinski definition) is 1. The second-order valence-corrected chi connectivity index (χ2v) is 8.58. The number of rotatable bonds is 5. The minimum atomic E-state index is -0.771. The molecule has 0 spiro atoms. The first-order valence-electron chi connectivity index (χ1n) is 11.0. The predicted octanol–water partition coefficient (Wildman–Crippen LogP) is 3.93. The van der Waals surface area contributed by atoms with Gasteiger partial charge in [0.1, 0.15) is 24.1 Å². The van der Waals surface area contributed by atoms with Crippen molar-refractivity contribution in [3.05, 3.63) is 69.9 Å². The van der Waals surface area contributed by atoms with Crippen molar-refractivity contribution in [2.75, 3.05) is 0 Å². The van der Waals surface area contributed by atoms with E-state index in [9.17, 15) is 24.3 Å². The molecule has 0 unspecified atom stereocenters. The number of nitriles is 1. The highest BCUT2D eigenvalue weighted by Crippen LogP contribution is 2.36. The van der Waals surface area contributed by atoms with Crippen LogP contribution in [0.1, 0.15) is 43.9 Å². The third-order valence-corrected chi connectivity index (χ3v) is 5.77. The van der Waals surface area contributed by atoms with Crippen molar-refractivity contribution in [2.24, 2.45) is 0 Å². The first-order chi connectivity index (χ1) is 16.3. The minimum absolute atomic E-state index is 0.0314. The molecule has 0 bridgehead atoms. The van der Waals surface area contributed by atoms with E-state index in [1.807, 2.05) is 19.9 Å². The number of aliphatic hydroxyl groups is 1. The summed E-state index contributed by atoms with van der Waals surface area (Å²) in [5.41, 5.74) is 2.86. The Labute approximate surface area is 195 Å². The smallest absolute Gasteiger partial charge is 0.309 e. The summed E-state index contributed by atoms with van der Waals surface area (Å²) in [6.07, 6.45) is 2.40. The molecule has 2 aromatic heterocycles. The van der Waals surface area contributed by atoms with Gasteiger partial charge in [0.15, 0.2) is 0 Å². The number of carbonyl (C=O) groups excluding carboxylic acids is 1. The van der Waals surface area contributed by atoms with Crippen molar-refractivity contribution < 1.29 is 19.0 Å². The number of benzene rings is 1.